The van der Waals surface area contributed by atoms with Crippen LogP contribution in [-0.4, -0.2) is 10.8 Å². The molecule has 5 heteroatoms. The number of halogens is 2. The standard InChI is InChI=1S/C12H9ClFNOS/c1-6-11(7(2)16)17-12(15-6)8-3-4-10(14)9(13)5-8/h3-5H,1-2H3. The van der Waals surface area contributed by atoms with Crippen molar-refractivity contribution in [2.24, 2.45) is 0 Å². The maximum absolute atomic E-state index is 13.0. The van der Waals surface area contributed by atoms with Crippen molar-refractivity contribution in [3.8, 4) is 10.6 Å². The predicted molar refractivity (Wildman–Crippen MR) is 67.3 cm³/mol. The molecular weight excluding hydrogens is 261 g/mol. The molecule has 17 heavy (non-hydrogen) atoms. The Labute approximate surface area is 107 Å². The number of Topliss-reactive ketones (excluding diaryl/α,β-unsaturated/α-hetero) is 1. The molecule has 1 aromatic carbocycles. The van der Waals surface area contributed by atoms with Gasteiger partial charge < -0.3 is 0 Å². The van der Waals surface area contributed by atoms with E-state index in [-0.39, 0.29) is 10.8 Å². The van der Waals surface area contributed by atoms with Gasteiger partial charge in [-0.15, -0.1) is 11.3 Å². The van der Waals surface area contributed by atoms with Crippen molar-refractivity contribution in [2.45, 2.75) is 13.8 Å². The molecule has 0 aliphatic heterocycles. The molecule has 0 saturated heterocycles. The topological polar surface area (TPSA) is 30.0 Å². The van der Waals surface area contributed by atoms with E-state index in [9.17, 15) is 9.18 Å². The molecule has 0 N–H and O–H groups in total. The average Bonchev–Trinajstić information content (AvgIpc) is 2.64. The molecule has 0 radical (unpaired) electrons. The molecule has 0 atom stereocenters. The summed E-state index contributed by atoms with van der Waals surface area (Å²) in [5, 5.41) is 0.731. The van der Waals surface area contributed by atoms with E-state index in [1.807, 2.05) is 0 Å². The highest BCUT2D eigenvalue weighted by Crippen LogP contribution is 2.30. The second-order valence-electron chi connectivity index (χ2n) is 3.62. The monoisotopic (exact) mass is 269 g/mol. The zero-order valence-corrected chi connectivity index (χ0v) is 10.8. The molecule has 1 heterocycles. The number of carbonyl (C=O) groups excluding carboxylic acids is 1. The smallest absolute Gasteiger partial charge is 0.171 e. The van der Waals surface area contributed by atoms with Crippen molar-refractivity contribution >= 4 is 28.7 Å². The van der Waals surface area contributed by atoms with E-state index in [2.05, 4.69) is 4.98 Å². The highest BCUT2D eigenvalue weighted by molar-refractivity contribution is 7.17. The number of hydrogen-bond donors (Lipinski definition) is 0. The number of carbonyl (C=O) groups is 1. The fourth-order valence-corrected chi connectivity index (χ4v) is 2.61. The molecule has 88 valence electrons. The summed E-state index contributed by atoms with van der Waals surface area (Å²) >= 11 is 7.00. The van der Waals surface area contributed by atoms with E-state index < -0.39 is 5.82 Å². The largest absolute Gasteiger partial charge is 0.294 e. The number of ketones is 1. The number of hydrogen-bond acceptors (Lipinski definition) is 3. The van der Waals surface area contributed by atoms with Gasteiger partial charge in [0.25, 0.3) is 0 Å². The van der Waals surface area contributed by atoms with Crippen LogP contribution in [0.5, 0.6) is 0 Å². The summed E-state index contributed by atoms with van der Waals surface area (Å²) in [6, 6.07) is 4.41. The van der Waals surface area contributed by atoms with Crippen LogP contribution in [0.3, 0.4) is 0 Å². The SMILES string of the molecule is CC(=O)c1sc(-c2ccc(F)c(Cl)c2)nc1C. The molecule has 0 aliphatic rings. The first kappa shape index (κ1) is 12.2. The van der Waals surface area contributed by atoms with Crippen LogP contribution in [0, 0.1) is 12.7 Å². The zero-order chi connectivity index (χ0) is 12.6. The van der Waals surface area contributed by atoms with Crippen LogP contribution in [0.25, 0.3) is 10.6 Å². The minimum atomic E-state index is -0.463. The van der Waals surface area contributed by atoms with Crippen LogP contribution in [0.15, 0.2) is 18.2 Å². The Bertz CT molecular complexity index is 594. The zero-order valence-electron chi connectivity index (χ0n) is 9.25. The Morgan fingerprint density at radius 3 is 2.71 bits per heavy atom. The third-order valence-electron chi connectivity index (χ3n) is 2.28. The summed E-state index contributed by atoms with van der Waals surface area (Å²) in [6.45, 7) is 3.28. The number of aryl methyl sites for hydroxylation is 1. The molecule has 2 rings (SSSR count). The van der Waals surface area contributed by atoms with Gasteiger partial charge in [-0.2, -0.15) is 0 Å². The van der Waals surface area contributed by atoms with Crippen molar-refractivity contribution in [1.82, 2.24) is 4.98 Å². The first-order valence-electron chi connectivity index (χ1n) is 4.93. The van der Waals surface area contributed by atoms with E-state index in [4.69, 9.17) is 11.6 Å². The summed E-state index contributed by atoms with van der Waals surface area (Å²) < 4.78 is 13.0. The van der Waals surface area contributed by atoms with Crippen molar-refractivity contribution in [1.29, 1.82) is 0 Å². The van der Waals surface area contributed by atoms with Gasteiger partial charge in [-0.3, -0.25) is 4.79 Å². The van der Waals surface area contributed by atoms with Crippen LogP contribution in [-0.2, 0) is 0 Å². The lowest BCUT2D eigenvalue weighted by molar-refractivity contribution is 0.102. The van der Waals surface area contributed by atoms with Gasteiger partial charge in [-0.25, -0.2) is 9.37 Å². The van der Waals surface area contributed by atoms with E-state index in [0.29, 0.717) is 15.6 Å². The molecule has 0 aliphatic carbocycles. The molecule has 0 amide bonds. The van der Waals surface area contributed by atoms with E-state index in [0.717, 1.165) is 5.56 Å². The van der Waals surface area contributed by atoms with Crippen molar-refractivity contribution < 1.29 is 9.18 Å². The molecule has 0 fully saturated rings. The molecule has 0 bridgehead atoms. The molecular formula is C12H9ClFNOS. The number of benzene rings is 1. The predicted octanol–water partition coefficient (Wildman–Crippen LogP) is 4.11. The Morgan fingerprint density at radius 2 is 2.18 bits per heavy atom. The quantitative estimate of drug-likeness (QED) is 0.768. The van der Waals surface area contributed by atoms with Gasteiger partial charge in [0.2, 0.25) is 0 Å². The van der Waals surface area contributed by atoms with Gasteiger partial charge in [0.15, 0.2) is 5.78 Å². The Morgan fingerprint density at radius 1 is 1.47 bits per heavy atom. The number of rotatable bonds is 2. The summed E-state index contributed by atoms with van der Waals surface area (Å²) in [5.41, 5.74) is 1.41. The minimum absolute atomic E-state index is 0.0144. The summed E-state index contributed by atoms with van der Waals surface area (Å²) in [6.07, 6.45) is 0. The molecule has 2 nitrogen and oxygen atoms in total. The number of nitrogens with zero attached hydrogens (tertiary/aromatic N) is 1. The molecule has 0 saturated carbocycles. The number of thiazole rings is 1. The van der Waals surface area contributed by atoms with E-state index >= 15 is 0 Å². The summed E-state index contributed by atoms with van der Waals surface area (Å²) in [4.78, 5) is 16.2. The summed E-state index contributed by atoms with van der Waals surface area (Å²) in [7, 11) is 0. The fraction of sp³-hybridized carbons (Fsp3) is 0.167. The van der Waals surface area contributed by atoms with Crippen molar-refractivity contribution in [3.63, 3.8) is 0 Å². The van der Waals surface area contributed by atoms with Crippen LogP contribution in [0.1, 0.15) is 22.3 Å². The van der Waals surface area contributed by atoms with Crippen LogP contribution >= 0.6 is 22.9 Å². The lowest BCUT2D eigenvalue weighted by Crippen LogP contribution is -1.89. The van der Waals surface area contributed by atoms with E-state index in [1.165, 1.54) is 30.4 Å². The first-order valence-corrected chi connectivity index (χ1v) is 6.12. The van der Waals surface area contributed by atoms with Crippen LogP contribution in [0.2, 0.25) is 5.02 Å². The molecule has 1 aromatic heterocycles. The Kier molecular flexibility index (Phi) is 3.26. The van der Waals surface area contributed by atoms with Crippen molar-refractivity contribution in [3.05, 3.63) is 39.6 Å². The Balaban J connectivity index is 2.50. The van der Waals surface area contributed by atoms with E-state index in [1.54, 1.807) is 13.0 Å². The lowest BCUT2D eigenvalue weighted by Gasteiger charge is -1.97. The lowest BCUT2D eigenvalue weighted by atomic mass is 10.2. The molecule has 0 spiro atoms. The number of aromatic nitrogens is 1. The van der Waals surface area contributed by atoms with Gasteiger partial charge in [-0.05, 0) is 25.1 Å². The first-order chi connectivity index (χ1) is 7.99. The highest BCUT2D eigenvalue weighted by atomic mass is 35.5. The summed E-state index contributed by atoms with van der Waals surface area (Å²) in [5.74, 6) is -0.477. The van der Waals surface area contributed by atoms with Gasteiger partial charge >= 0.3 is 0 Å². The normalized spacial score (nSPS) is 10.6. The van der Waals surface area contributed by atoms with Crippen LogP contribution < -0.4 is 0 Å². The fourth-order valence-electron chi connectivity index (χ4n) is 1.48. The van der Waals surface area contributed by atoms with Gasteiger partial charge in [-0.1, -0.05) is 11.6 Å². The second-order valence-corrected chi connectivity index (χ2v) is 5.02. The van der Waals surface area contributed by atoms with Crippen LogP contribution in [0.4, 0.5) is 4.39 Å². The second kappa shape index (κ2) is 4.55. The third-order valence-corrected chi connectivity index (χ3v) is 3.88. The van der Waals surface area contributed by atoms with Gasteiger partial charge in [0.1, 0.15) is 10.8 Å². The molecule has 0 unspecified atom stereocenters. The molecule has 2 aromatic rings. The minimum Gasteiger partial charge on any atom is -0.294 e. The van der Waals surface area contributed by atoms with Crippen molar-refractivity contribution in [2.75, 3.05) is 0 Å². The third kappa shape index (κ3) is 2.37. The Hall–Kier alpha value is -1.26. The highest BCUT2D eigenvalue weighted by Gasteiger charge is 2.13. The van der Waals surface area contributed by atoms with Gasteiger partial charge in [0.05, 0.1) is 15.6 Å². The average molecular weight is 270 g/mol. The maximum atomic E-state index is 13.0. The maximum Gasteiger partial charge on any atom is 0.171 e. The van der Waals surface area contributed by atoms with Gasteiger partial charge in [0, 0.05) is 12.5 Å².